The Kier molecular flexibility index (Phi) is 4.91. The van der Waals surface area contributed by atoms with E-state index in [4.69, 9.17) is 9.68 Å². The molecule has 180 valence electrons. The Hall–Kier alpha value is -3.01. The summed E-state index contributed by atoms with van der Waals surface area (Å²) in [7, 11) is 0. The maximum absolute atomic E-state index is 12.6. The summed E-state index contributed by atoms with van der Waals surface area (Å²) in [5.74, 6) is -3.80. The van der Waals surface area contributed by atoms with E-state index < -0.39 is 41.8 Å². The number of hydrogen-bond donors (Lipinski definition) is 1. The van der Waals surface area contributed by atoms with Crippen molar-refractivity contribution >= 4 is 29.7 Å². The highest BCUT2D eigenvalue weighted by molar-refractivity contribution is 6.06. The average Bonchev–Trinajstić information content (AvgIpc) is 3.65. The summed E-state index contributed by atoms with van der Waals surface area (Å²) in [4.78, 5) is 72.3. The minimum Gasteiger partial charge on any atom is -0.370 e. The quantitative estimate of drug-likeness (QED) is 0.330. The summed E-state index contributed by atoms with van der Waals surface area (Å²) in [5, 5.41) is 11.9. The first-order chi connectivity index (χ1) is 16.3. The minimum absolute atomic E-state index is 0.0353. The lowest BCUT2D eigenvalue weighted by Crippen LogP contribution is -2.38. The van der Waals surface area contributed by atoms with Gasteiger partial charge in [-0.25, -0.2) is 9.59 Å². The zero-order valence-electron chi connectivity index (χ0n) is 18.4. The molecule has 10 heteroatoms. The molecule has 1 N–H and O–H groups in total. The highest BCUT2D eigenvalue weighted by atomic mass is 16.7. The van der Waals surface area contributed by atoms with Crippen LogP contribution in [0.15, 0.2) is 24.3 Å². The second kappa shape index (κ2) is 7.76. The van der Waals surface area contributed by atoms with E-state index in [2.05, 4.69) is 0 Å². The third-order valence-electron chi connectivity index (χ3n) is 8.44. The highest BCUT2D eigenvalue weighted by Gasteiger charge is 2.61. The fraction of sp³-hybridized carbons (Fsp3) is 0.625. The first-order valence-corrected chi connectivity index (χ1v) is 12.0. The number of amides is 3. The number of hydroxylamine groups is 4. The Balaban J connectivity index is 0.936. The van der Waals surface area contributed by atoms with Gasteiger partial charge in [0.15, 0.2) is 6.23 Å². The molecule has 2 aliphatic heterocycles. The highest BCUT2D eigenvalue weighted by Crippen LogP contribution is 2.54. The number of unbranched alkanes of at least 4 members (excludes halogenated alkanes) is 1. The van der Waals surface area contributed by atoms with Crippen LogP contribution in [0.25, 0.3) is 0 Å². The molecule has 0 aromatic heterocycles. The van der Waals surface area contributed by atoms with Crippen LogP contribution in [-0.4, -0.2) is 51.1 Å². The van der Waals surface area contributed by atoms with Gasteiger partial charge in [0.2, 0.25) is 0 Å². The largest absolute Gasteiger partial charge is 0.370 e. The van der Waals surface area contributed by atoms with Gasteiger partial charge in [0, 0.05) is 18.8 Å². The molecule has 0 spiro atoms. The number of aliphatic hydroxyl groups is 1. The van der Waals surface area contributed by atoms with E-state index in [1.165, 1.54) is 0 Å². The zero-order chi connectivity index (χ0) is 23.7. The van der Waals surface area contributed by atoms with Gasteiger partial charge in [-0.1, -0.05) is 24.3 Å². The van der Waals surface area contributed by atoms with Crippen LogP contribution < -0.4 is 0 Å². The third kappa shape index (κ3) is 3.07. The van der Waals surface area contributed by atoms with Gasteiger partial charge in [-0.3, -0.25) is 14.4 Å². The number of fused-ring (bicyclic) bond motifs is 10. The summed E-state index contributed by atoms with van der Waals surface area (Å²) in [5.41, 5.74) is 0. The van der Waals surface area contributed by atoms with Crippen molar-refractivity contribution in [3.8, 4) is 0 Å². The Labute approximate surface area is 195 Å². The van der Waals surface area contributed by atoms with E-state index in [0.29, 0.717) is 5.06 Å². The van der Waals surface area contributed by atoms with Gasteiger partial charge >= 0.3 is 11.9 Å². The van der Waals surface area contributed by atoms with Gasteiger partial charge < -0.3 is 14.8 Å². The van der Waals surface area contributed by atoms with Crippen LogP contribution in [0, 0.1) is 47.3 Å². The van der Waals surface area contributed by atoms with Crippen molar-refractivity contribution in [3.63, 3.8) is 0 Å². The molecule has 4 bridgehead atoms. The van der Waals surface area contributed by atoms with Gasteiger partial charge in [0.05, 0.1) is 17.8 Å². The van der Waals surface area contributed by atoms with Gasteiger partial charge in [0.25, 0.3) is 17.7 Å². The van der Waals surface area contributed by atoms with Crippen molar-refractivity contribution in [2.75, 3.05) is 0 Å². The molecule has 2 saturated carbocycles. The number of nitrogens with zero attached hydrogens (tertiary/aromatic N) is 2. The number of carbonyl (C=O) groups is 5. The summed E-state index contributed by atoms with van der Waals surface area (Å²) in [6.07, 6.45) is 8.88. The van der Waals surface area contributed by atoms with E-state index in [1.54, 1.807) is 0 Å². The molecule has 2 heterocycles. The molecule has 0 radical (unpaired) electrons. The first kappa shape index (κ1) is 21.5. The molecule has 6 aliphatic rings. The van der Waals surface area contributed by atoms with E-state index in [9.17, 15) is 29.1 Å². The molecular weight excluding hydrogens is 444 g/mol. The predicted molar refractivity (Wildman–Crippen MR) is 111 cm³/mol. The fourth-order valence-electron chi connectivity index (χ4n) is 6.95. The first-order valence-electron chi connectivity index (χ1n) is 12.0. The summed E-state index contributed by atoms with van der Waals surface area (Å²) < 4.78 is 0. The predicted octanol–water partition coefficient (Wildman–Crippen LogP) is 0.869. The zero-order valence-corrected chi connectivity index (χ0v) is 18.4. The van der Waals surface area contributed by atoms with E-state index >= 15 is 0 Å². The van der Waals surface area contributed by atoms with Crippen molar-refractivity contribution in [2.24, 2.45) is 47.3 Å². The lowest BCUT2D eigenvalue weighted by molar-refractivity contribution is -0.226. The molecule has 6 rings (SSSR count). The summed E-state index contributed by atoms with van der Waals surface area (Å²) in [6, 6.07) is 0. The summed E-state index contributed by atoms with van der Waals surface area (Å²) in [6.45, 7) is 0. The van der Waals surface area contributed by atoms with Crippen LogP contribution in [0.4, 0.5) is 0 Å². The van der Waals surface area contributed by atoms with Crippen LogP contribution in [0.5, 0.6) is 0 Å². The van der Waals surface area contributed by atoms with E-state index in [1.807, 2.05) is 24.3 Å². The molecular formula is C24H26N2O8. The van der Waals surface area contributed by atoms with Crippen LogP contribution >= 0.6 is 0 Å². The Morgan fingerprint density at radius 1 is 0.765 bits per heavy atom. The van der Waals surface area contributed by atoms with E-state index in [0.717, 1.165) is 17.9 Å². The number of rotatable bonds is 7. The van der Waals surface area contributed by atoms with Gasteiger partial charge in [-0.05, 0) is 49.4 Å². The topological polar surface area (TPSA) is 131 Å². The smallest absolute Gasteiger partial charge is 0.333 e. The van der Waals surface area contributed by atoms with Crippen LogP contribution in [0.1, 0.15) is 38.5 Å². The van der Waals surface area contributed by atoms with Crippen LogP contribution in [-0.2, 0) is 33.6 Å². The number of carbonyl (C=O) groups excluding carboxylic acids is 5. The normalized spacial score (nSPS) is 40.5. The monoisotopic (exact) mass is 470 g/mol. The molecule has 9 atom stereocenters. The van der Waals surface area contributed by atoms with Crippen molar-refractivity contribution in [1.29, 1.82) is 0 Å². The van der Waals surface area contributed by atoms with Crippen molar-refractivity contribution in [1.82, 2.24) is 10.1 Å². The van der Waals surface area contributed by atoms with Gasteiger partial charge in [0.1, 0.15) is 0 Å². The Morgan fingerprint density at radius 2 is 1.26 bits per heavy atom. The van der Waals surface area contributed by atoms with E-state index in [-0.39, 0.29) is 67.1 Å². The molecule has 4 aliphatic carbocycles. The maximum Gasteiger partial charge on any atom is 0.333 e. The van der Waals surface area contributed by atoms with Crippen molar-refractivity contribution < 1.29 is 38.8 Å². The molecule has 0 aromatic rings. The number of hydrogen-bond acceptors (Lipinski definition) is 8. The minimum atomic E-state index is -1.14. The molecule has 34 heavy (non-hydrogen) atoms. The second-order valence-electron chi connectivity index (χ2n) is 10.2. The second-order valence-corrected chi connectivity index (χ2v) is 10.2. The average molecular weight is 470 g/mol. The van der Waals surface area contributed by atoms with Crippen LogP contribution in [0.2, 0.25) is 0 Å². The Morgan fingerprint density at radius 3 is 1.85 bits per heavy atom. The summed E-state index contributed by atoms with van der Waals surface area (Å²) >= 11 is 0. The fourth-order valence-corrected chi connectivity index (χ4v) is 6.95. The lowest BCUT2D eigenvalue weighted by Gasteiger charge is -2.23. The molecule has 10 nitrogen and oxygen atoms in total. The number of imide groups is 1. The van der Waals surface area contributed by atoms with Crippen molar-refractivity contribution in [2.45, 2.75) is 44.8 Å². The van der Waals surface area contributed by atoms with Gasteiger partial charge in [-0.15, -0.1) is 10.1 Å². The Bertz CT molecular complexity index is 1010. The number of allylic oxidation sites excluding steroid dienone is 4. The maximum atomic E-state index is 12.6. The van der Waals surface area contributed by atoms with Crippen LogP contribution in [0.3, 0.4) is 0 Å². The van der Waals surface area contributed by atoms with Crippen molar-refractivity contribution in [3.05, 3.63) is 24.3 Å². The standard InChI is InChI=1S/C24H26N2O8/c27-15(33-25-21(29)17-11-5-6-12(9-11)18(17)22(25)30)3-1-2-4-16(28)34-26-23(31)19-13-7-8-14(10-13)20(19)24(26)32/h5-8,11-14,17-21,29H,1-4,9-10H2/t11?,12?,13-,14?,17?,18?,19?,20?,21?/m1/s1. The molecule has 0 aromatic carbocycles. The molecule has 8 unspecified atom stereocenters. The number of aliphatic hydroxyl groups excluding tert-OH is 1. The van der Waals surface area contributed by atoms with Gasteiger partial charge in [-0.2, -0.15) is 0 Å². The molecule has 4 fully saturated rings. The lowest BCUT2D eigenvalue weighted by atomic mass is 9.85. The SMILES string of the molecule is O=C(CCCCC(=O)ON1C(=O)C2C3C=CC(C3)C2C1O)ON1C(=O)C2C3C=C[C@H](C3)C2C1=O. The molecule has 3 amide bonds. The molecule has 2 saturated heterocycles. The third-order valence-corrected chi connectivity index (χ3v) is 8.44.